The predicted octanol–water partition coefficient (Wildman–Crippen LogP) is 3.49. The number of carbonyl (C=O) groups excluding carboxylic acids is 1. The van der Waals surface area contributed by atoms with Gasteiger partial charge in [-0.3, -0.25) is 4.68 Å². The number of hydrogen-bond donors (Lipinski definition) is 1. The van der Waals surface area contributed by atoms with E-state index >= 15 is 0 Å². The van der Waals surface area contributed by atoms with Gasteiger partial charge in [0.1, 0.15) is 5.54 Å². The van der Waals surface area contributed by atoms with Crippen LogP contribution in [0, 0.1) is 11.3 Å². The summed E-state index contributed by atoms with van der Waals surface area (Å²) in [4.78, 5) is 13.3. The van der Waals surface area contributed by atoms with Crippen LogP contribution in [-0.2, 0) is 32.5 Å². The zero-order chi connectivity index (χ0) is 28.0. The van der Waals surface area contributed by atoms with Crippen molar-refractivity contribution in [1.29, 1.82) is 5.26 Å². The highest BCUT2D eigenvalue weighted by Gasteiger charge is 2.48. The summed E-state index contributed by atoms with van der Waals surface area (Å²) >= 11 is 0. The lowest BCUT2D eigenvalue weighted by molar-refractivity contribution is -0.139. The minimum atomic E-state index is -4.87. The molecule has 0 bridgehead atoms. The molecule has 1 N–H and O–H groups in total. The number of carbonyl (C=O) groups is 1. The minimum Gasteiger partial charge on any atom is -0.425 e. The Morgan fingerprint density at radius 1 is 1.26 bits per heavy atom. The van der Waals surface area contributed by atoms with Crippen LogP contribution in [0.4, 0.5) is 23.8 Å². The highest BCUT2D eigenvalue weighted by molar-refractivity contribution is 7.92. The van der Waals surface area contributed by atoms with Crippen molar-refractivity contribution < 1.29 is 35.9 Å². The van der Waals surface area contributed by atoms with Gasteiger partial charge in [-0.25, -0.2) is 13.2 Å². The fourth-order valence-corrected chi connectivity index (χ4v) is 7.08. The average Bonchev–Trinajstić information content (AvgIpc) is 3.36. The first kappa shape index (κ1) is 27.3. The van der Waals surface area contributed by atoms with Crippen LogP contribution in [0.25, 0.3) is 0 Å². The third-order valence-electron chi connectivity index (χ3n) is 7.54. The second kappa shape index (κ2) is 10.0. The maximum Gasteiger partial charge on any atom is 0.417 e. The van der Waals surface area contributed by atoms with Crippen LogP contribution in [-0.4, -0.2) is 61.1 Å². The molecule has 3 heterocycles. The van der Waals surface area contributed by atoms with E-state index in [1.165, 1.54) is 11.0 Å². The highest BCUT2D eigenvalue weighted by atomic mass is 32.2. The van der Waals surface area contributed by atoms with Gasteiger partial charge in [0.2, 0.25) is 0 Å². The predicted molar refractivity (Wildman–Crippen MR) is 131 cm³/mol. The SMILES string of the molecule is Cn1nc(N2C[C@H](S(=O)(=O)c3ccccc3C(F)(F)F)C[C@@H]2OC(=O)NC2(C#N)CC2)cc1C1CCOCC1. The van der Waals surface area contributed by atoms with Gasteiger partial charge < -0.3 is 19.7 Å². The maximum atomic E-state index is 13.7. The molecule has 14 heteroatoms. The molecule has 10 nitrogen and oxygen atoms in total. The molecule has 210 valence electrons. The number of hydrogen-bond acceptors (Lipinski definition) is 8. The summed E-state index contributed by atoms with van der Waals surface area (Å²) in [7, 11) is -2.74. The Morgan fingerprint density at radius 2 is 1.95 bits per heavy atom. The van der Waals surface area contributed by atoms with Crippen LogP contribution >= 0.6 is 0 Å². The number of alkyl carbamates (subject to hydrolysis) is 1. The van der Waals surface area contributed by atoms with Gasteiger partial charge in [-0.15, -0.1) is 0 Å². The molecule has 0 unspecified atom stereocenters. The summed E-state index contributed by atoms with van der Waals surface area (Å²) < 4.78 is 80.8. The molecule has 0 spiro atoms. The molecule has 1 aliphatic carbocycles. The van der Waals surface area contributed by atoms with Crippen molar-refractivity contribution in [1.82, 2.24) is 15.1 Å². The Hall–Kier alpha value is -3.31. The number of nitriles is 1. The second-order valence-corrected chi connectivity index (χ2v) is 12.4. The Bertz CT molecular complexity index is 1390. The molecule has 2 aromatic rings. The number of amides is 1. The third-order valence-corrected chi connectivity index (χ3v) is 9.72. The zero-order valence-corrected chi connectivity index (χ0v) is 22.0. The molecule has 3 fully saturated rings. The van der Waals surface area contributed by atoms with Crippen molar-refractivity contribution in [3.05, 3.63) is 41.6 Å². The topological polar surface area (TPSA) is 127 Å². The highest BCUT2D eigenvalue weighted by Crippen LogP contribution is 2.40. The fraction of sp³-hybridized carbons (Fsp3) is 0.560. The summed E-state index contributed by atoms with van der Waals surface area (Å²) in [5.74, 6) is 0.513. The quantitative estimate of drug-likeness (QED) is 0.562. The van der Waals surface area contributed by atoms with E-state index in [0.29, 0.717) is 31.9 Å². The molecule has 3 aliphatic rings. The van der Waals surface area contributed by atoms with Gasteiger partial charge in [0.15, 0.2) is 21.9 Å². The molecule has 2 aliphatic heterocycles. The van der Waals surface area contributed by atoms with Gasteiger partial charge in [-0.2, -0.15) is 23.5 Å². The number of nitrogens with one attached hydrogen (secondary N) is 1. The number of sulfone groups is 1. The number of halogens is 3. The van der Waals surface area contributed by atoms with E-state index in [1.54, 1.807) is 17.8 Å². The number of benzene rings is 1. The van der Waals surface area contributed by atoms with Crippen molar-refractivity contribution in [3.8, 4) is 6.07 Å². The summed E-state index contributed by atoms with van der Waals surface area (Å²) in [6.07, 6.45) is -4.68. The molecule has 0 radical (unpaired) electrons. The molecule has 1 aromatic carbocycles. The normalized spacial score (nSPS) is 23.3. The average molecular weight is 568 g/mol. The fourth-order valence-electron chi connectivity index (χ4n) is 5.19. The standard InChI is InChI=1S/C25H28F3N5O5S/c1-32-19(16-6-10-37-11-7-16)13-21(31-32)33-14-17(12-22(33)38-23(34)30-24(15-29)8-9-24)39(35,36)20-5-3-2-4-18(20)25(26,27)28/h2-5,13,16-17,22H,6-12,14H2,1H3,(H,30,34)/t17-,22+/m1/s1. The molecule has 2 atom stereocenters. The Balaban J connectivity index is 1.46. The number of ether oxygens (including phenoxy) is 2. The number of rotatable bonds is 6. The van der Waals surface area contributed by atoms with Gasteiger partial charge in [0.25, 0.3) is 0 Å². The third kappa shape index (κ3) is 5.42. The van der Waals surface area contributed by atoms with Gasteiger partial charge in [-0.1, -0.05) is 12.1 Å². The van der Waals surface area contributed by atoms with Crippen LogP contribution in [0.15, 0.2) is 35.2 Å². The molecule has 5 rings (SSSR count). The van der Waals surface area contributed by atoms with Crippen molar-refractivity contribution in [3.63, 3.8) is 0 Å². The molecule has 1 aromatic heterocycles. The number of aryl methyl sites for hydroxylation is 1. The number of anilines is 1. The van der Waals surface area contributed by atoms with Crippen molar-refractivity contribution >= 4 is 21.7 Å². The van der Waals surface area contributed by atoms with E-state index in [0.717, 1.165) is 36.7 Å². The molecule has 2 saturated heterocycles. The van der Waals surface area contributed by atoms with E-state index in [4.69, 9.17) is 9.47 Å². The number of alkyl halides is 3. The first-order valence-corrected chi connectivity index (χ1v) is 14.2. The maximum absolute atomic E-state index is 13.7. The van der Waals surface area contributed by atoms with Crippen molar-refractivity contribution in [2.75, 3.05) is 24.7 Å². The monoisotopic (exact) mass is 567 g/mol. The Morgan fingerprint density at radius 3 is 2.59 bits per heavy atom. The first-order chi connectivity index (χ1) is 18.4. The van der Waals surface area contributed by atoms with E-state index in [2.05, 4.69) is 10.4 Å². The molecule has 1 amide bonds. The molecular formula is C25H28F3N5O5S. The Labute approximate surface area is 223 Å². The lowest BCUT2D eigenvalue weighted by atomic mass is 9.96. The van der Waals surface area contributed by atoms with E-state index in [-0.39, 0.29) is 18.9 Å². The van der Waals surface area contributed by atoms with E-state index in [1.807, 2.05) is 6.07 Å². The van der Waals surface area contributed by atoms with Gasteiger partial charge >= 0.3 is 12.3 Å². The summed E-state index contributed by atoms with van der Waals surface area (Å²) in [6.45, 7) is 0.959. The molecule has 1 saturated carbocycles. The summed E-state index contributed by atoms with van der Waals surface area (Å²) in [5, 5.41) is 15.0. The smallest absolute Gasteiger partial charge is 0.417 e. The lowest BCUT2D eigenvalue weighted by Gasteiger charge is -2.24. The summed E-state index contributed by atoms with van der Waals surface area (Å²) in [6, 6.07) is 7.86. The molecular weight excluding hydrogens is 539 g/mol. The first-order valence-electron chi connectivity index (χ1n) is 12.6. The zero-order valence-electron chi connectivity index (χ0n) is 21.1. The van der Waals surface area contributed by atoms with E-state index < -0.39 is 49.6 Å². The Kier molecular flexibility index (Phi) is 7.00. The second-order valence-electron chi connectivity index (χ2n) is 10.2. The van der Waals surface area contributed by atoms with Crippen LogP contribution in [0.5, 0.6) is 0 Å². The van der Waals surface area contributed by atoms with Crippen molar-refractivity contribution in [2.45, 2.75) is 66.1 Å². The lowest BCUT2D eigenvalue weighted by Crippen LogP contribution is -2.41. The largest absolute Gasteiger partial charge is 0.425 e. The number of nitrogens with zero attached hydrogens (tertiary/aromatic N) is 4. The van der Waals surface area contributed by atoms with Gasteiger partial charge in [-0.05, 0) is 37.8 Å². The molecule has 39 heavy (non-hydrogen) atoms. The van der Waals surface area contributed by atoms with E-state index in [9.17, 15) is 31.6 Å². The van der Waals surface area contributed by atoms with Gasteiger partial charge in [0.05, 0.1) is 21.8 Å². The van der Waals surface area contributed by atoms with Crippen LogP contribution in [0.1, 0.15) is 49.3 Å². The van der Waals surface area contributed by atoms with Gasteiger partial charge in [0, 0.05) is 50.9 Å². The van der Waals surface area contributed by atoms with Crippen LogP contribution < -0.4 is 10.2 Å². The number of aromatic nitrogens is 2. The van der Waals surface area contributed by atoms with Crippen molar-refractivity contribution in [2.24, 2.45) is 7.05 Å². The van der Waals surface area contributed by atoms with Crippen LogP contribution in [0.2, 0.25) is 0 Å². The van der Waals surface area contributed by atoms with Crippen LogP contribution in [0.3, 0.4) is 0 Å². The summed E-state index contributed by atoms with van der Waals surface area (Å²) in [5.41, 5.74) is -1.37. The minimum absolute atomic E-state index is 0.166.